The second-order valence-corrected chi connectivity index (χ2v) is 5.20. The largest absolute Gasteiger partial charge is 1.00 e. The third kappa shape index (κ3) is 17.6. The minimum Gasteiger partial charge on any atom is -0.550 e. The zero-order chi connectivity index (χ0) is 12.6. The van der Waals surface area contributed by atoms with Gasteiger partial charge in [0.2, 0.25) is 0 Å². The Bertz CT molecular complexity index is 218. The maximum atomic E-state index is 10.2. The fraction of sp³-hybridized carbons (Fsp3) is 0.800. The predicted molar refractivity (Wildman–Crippen MR) is 63.3 cm³/mol. The molecule has 2 atom stereocenters. The number of carboxylic acid groups (broad SMARTS) is 2. The number of hydrogen-bond donors (Lipinski definition) is 2. The quantitative estimate of drug-likeness (QED) is 0.252. The number of carbonyl (C=O) groups is 2. The molecular formula is C10H16Na2O4S2. The van der Waals surface area contributed by atoms with Crippen LogP contribution in [0.15, 0.2) is 0 Å². The molecule has 0 aromatic carbocycles. The molecule has 0 N–H and O–H groups in total. The van der Waals surface area contributed by atoms with E-state index in [9.17, 15) is 19.8 Å². The van der Waals surface area contributed by atoms with Crippen LogP contribution in [0.2, 0.25) is 0 Å². The zero-order valence-electron chi connectivity index (χ0n) is 10.9. The number of carbonyl (C=O) groups excluding carboxylic acids is 2. The van der Waals surface area contributed by atoms with E-state index in [1.54, 1.807) is 0 Å². The van der Waals surface area contributed by atoms with Gasteiger partial charge in [-0.1, -0.05) is 12.8 Å². The fourth-order valence-corrected chi connectivity index (χ4v) is 2.01. The van der Waals surface area contributed by atoms with Crippen LogP contribution in [0.1, 0.15) is 38.5 Å². The van der Waals surface area contributed by atoms with Gasteiger partial charge in [-0.2, -0.15) is 25.3 Å². The monoisotopic (exact) mass is 310 g/mol. The molecule has 94 valence electrons. The third-order valence-corrected chi connectivity index (χ3v) is 3.01. The van der Waals surface area contributed by atoms with Gasteiger partial charge in [0, 0.05) is 22.4 Å². The molecule has 0 aliphatic rings. The molecule has 0 aliphatic heterocycles. The molecule has 0 fully saturated rings. The minimum atomic E-state index is -1.09. The van der Waals surface area contributed by atoms with E-state index in [1.165, 1.54) is 0 Å². The molecular weight excluding hydrogens is 294 g/mol. The summed E-state index contributed by atoms with van der Waals surface area (Å²) in [7, 11) is 0. The van der Waals surface area contributed by atoms with Crippen LogP contribution in [0.4, 0.5) is 0 Å². The number of unbranched alkanes of at least 4 members (excludes halogenated alkanes) is 1. The Morgan fingerprint density at radius 1 is 0.833 bits per heavy atom. The molecule has 8 heteroatoms. The van der Waals surface area contributed by atoms with Crippen molar-refractivity contribution in [2.24, 2.45) is 0 Å². The summed E-state index contributed by atoms with van der Waals surface area (Å²) in [5, 5.41) is 20.1. The van der Waals surface area contributed by atoms with Gasteiger partial charge in [-0.25, -0.2) is 0 Å². The van der Waals surface area contributed by atoms with Crippen LogP contribution >= 0.6 is 25.3 Å². The summed E-state index contributed by atoms with van der Waals surface area (Å²) in [5.41, 5.74) is 0. The van der Waals surface area contributed by atoms with E-state index in [2.05, 4.69) is 25.3 Å². The SMILES string of the molecule is O=C([O-])CC(S)CCCCC(S)CC(=O)[O-].[Na+].[Na+]. The zero-order valence-corrected chi connectivity index (χ0v) is 16.7. The first-order valence-corrected chi connectivity index (χ1v) is 6.21. The van der Waals surface area contributed by atoms with Crippen LogP contribution in [0.3, 0.4) is 0 Å². The van der Waals surface area contributed by atoms with E-state index in [0.717, 1.165) is 12.8 Å². The standard InChI is InChI=1S/C10H18O4S2.2Na/c11-9(12)5-7(15)3-1-2-4-8(16)6-10(13)14;;/h7-8,15-16H,1-6H2,(H,11,12)(H,13,14);;/q;2*+1/p-2. The average Bonchev–Trinajstić information content (AvgIpc) is 2.10. The molecule has 0 amide bonds. The molecule has 0 rings (SSSR count). The minimum absolute atomic E-state index is 0. The summed E-state index contributed by atoms with van der Waals surface area (Å²) in [6.07, 6.45) is 2.89. The summed E-state index contributed by atoms with van der Waals surface area (Å²) < 4.78 is 0. The normalized spacial score (nSPS) is 12.8. The van der Waals surface area contributed by atoms with Gasteiger partial charge in [0.1, 0.15) is 0 Å². The summed E-state index contributed by atoms with van der Waals surface area (Å²) in [6.45, 7) is 0. The van der Waals surface area contributed by atoms with E-state index < -0.39 is 11.9 Å². The van der Waals surface area contributed by atoms with Crippen molar-refractivity contribution in [2.75, 3.05) is 0 Å². The second kappa shape index (κ2) is 15.0. The van der Waals surface area contributed by atoms with Crippen molar-refractivity contribution in [1.29, 1.82) is 0 Å². The van der Waals surface area contributed by atoms with Gasteiger partial charge in [0.25, 0.3) is 0 Å². The van der Waals surface area contributed by atoms with E-state index in [1.807, 2.05) is 0 Å². The number of carboxylic acids is 2. The first kappa shape index (κ1) is 24.6. The average molecular weight is 310 g/mol. The van der Waals surface area contributed by atoms with Gasteiger partial charge in [0.05, 0.1) is 0 Å². The van der Waals surface area contributed by atoms with Crippen molar-refractivity contribution in [3.05, 3.63) is 0 Å². The smallest absolute Gasteiger partial charge is 0.550 e. The first-order chi connectivity index (χ1) is 7.41. The molecule has 0 radical (unpaired) electrons. The summed E-state index contributed by atoms with van der Waals surface area (Å²) >= 11 is 8.21. The molecule has 0 aromatic heterocycles. The van der Waals surface area contributed by atoms with Crippen LogP contribution in [-0.2, 0) is 9.59 Å². The Morgan fingerprint density at radius 2 is 1.11 bits per heavy atom. The summed E-state index contributed by atoms with van der Waals surface area (Å²) in [6, 6.07) is 0. The Kier molecular flexibility index (Phi) is 20.6. The molecule has 0 bridgehead atoms. The number of thiol groups is 2. The van der Waals surface area contributed by atoms with Crippen molar-refractivity contribution < 1.29 is 78.9 Å². The van der Waals surface area contributed by atoms with Gasteiger partial charge in [0.15, 0.2) is 0 Å². The van der Waals surface area contributed by atoms with Crippen LogP contribution in [-0.4, -0.2) is 22.4 Å². The van der Waals surface area contributed by atoms with Crippen molar-refractivity contribution in [3.8, 4) is 0 Å². The molecule has 0 heterocycles. The maximum absolute atomic E-state index is 10.2. The molecule has 0 aliphatic carbocycles. The van der Waals surface area contributed by atoms with Crippen molar-refractivity contribution in [1.82, 2.24) is 0 Å². The third-order valence-electron chi connectivity index (χ3n) is 2.13. The number of rotatable bonds is 9. The number of aliphatic carboxylic acids is 2. The fourth-order valence-electron chi connectivity index (χ4n) is 1.35. The molecule has 0 aromatic rings. The van der Waals surface area contributed by atoms with Gasteiger partial charge in [-0.05, 0) is 25.7 Å². The Balaban J connectivity index is -0.00000112. The van der Waals surface area contributed by atoms with Gasteiger partial charge in [-0.15, -0.1) is 0 Å². The van der Waals surface area contributed by atoms with E-state index in [-0.39, 0.29) is 82.5 Å². The summed E-state index contributed by atoms with van der Waals surface area (Å²) in [4.78, 5) is 20.5. The van der Waals surface area contributed by atoms with Crippen molar-refractivity contribution >= 4 is 37.2 Å². The van der Waals surface area contributed by atoms with E-state index in [0.29, 0.717) is 12.8 Å². The van der Waals surface area contributed by atoms with Crippen LogP contribution in [0.25, 0.3) is 0 Å². The van der Waals surface area contributed by atoms with Crippen molar-refractivity contribution in [3.63, 3.8) is 0 Å². The van der Waals surface area contributed by atoms with Crippen LogP contribution < -0.4 is 69.3 Å². The van der Waals surface area contributed by atoms with Gasteiger partial charge in [-0.3, -0.25) is 0 Å². The topological polar surface area (TPSA) is 80.3 Å². The molecule has 0 saturated carbocycles. The Hall–Kier alpha value is 1.64. The van der Waals surface area contributed by atoms with Gasteiger partial charge >= 0.3 is 59.1 Å². The van der Waals surface area contributed by atoms with Crippen molar-refractivity contribution in [2.45, 2.75) is 49.0 Å². The molecule has 0 spiro atoms. The number of hydrogen-bond acceptors (Lipinski definition) is 6. The summed E-state index contributed by atoms with van der Waals surface area (Å²) in [5.74, 6) is -2.19. The van der Waals surface area contributed by atoms with E-state index >= 15 is 0 Å². The van der Waals surface area contributed by atoms with Gasteiger partial charge < -0.3 is 19.8 Å². The molecule has 4 nitrogen and oxygen atoms in total. The predicted octanol–water partition coefficient (Wildman–Crippen LogP) is -6.57. The van der Waals surface area contributed by atoms with E-state index in [4.69, 9.17) is 0 Å². The Morgan fingerprint density at radius 3 is 1.33 bits per heavy atom. The Labute approximate surface area is 163 Å². The second-order valence-electron chi connectivity index (χ2n) is 3.74. The molecule has 2 unspecified atom stereocenters. The molecule has 18 heavy (non-hydrogen) atoms. The molecule has 0 saturated heterocycles. The maximum Gasteiger partial charge on any atom is 1.00 e. The first-order valence-electron chi connectivity index (χ1n) is 5.17. The van der Waals surface area contributed by atoms with Crippen LogP contribution in [0.5, 0.6) is 0 Å². The van der Waals surface area contributed by atoms with Crippen LogP contribution in [0, 0.1) is 0 Å².